The largest absolute Gasteiger partial charge is 0.478 e. The SMILES string of the molecule is O=C(O)c1cnc(-c2c(Cl)cc(Cl)cc2Cl)c(-c2c(Cl)cc(Cl)cc2Cl)c1. The average Bonchev–Trinajstić information content (AvgIpc) is 2.53. The molecule has 2 aromatic carbocycles. The van der Waals surface area contributed by atoms with Crippen molar-refractivity contribution >= 4 is 75.6 Å². The van der Waals surface area contributed by atoms with Crippen LogP contribution in [0, 0.1) is 0 Å². The number of carboxylic acid groups (broad SMARTS) is 1. The summed E-state index contributed by atoms with van der Waals surface area (Å²) in [6, 6.07) is 7.39. The minimum atomic E-state index is -1.16. The van der Waals surface area contributed by atoms with E-state index in [4.69, 9.17) is 69.6 Å². The number of rotatable bonds is 3. The molecular weight excluding hydrogens is 475 g/mol. The molecule has 1 heterocycles. The first-order valence-electron chi connectivity index (χ1n) is 7.22. The Balaban J connectivity index is 2.40. The van der Waals surface area contributed by atoms with Gasteiger partial charge in [0.2, 0.25) is 0 Å². The van der Waals surface area contributed by atoms with E-state index >= 15 is 0 Å². The van der Waals surface area contributed by atoms with Gasteiger partial charge in [-0.25, -0.2) is 4.79 Å². The molecule has 0 aliphatic carbocycles. The Morgan fingerprint density at radius 1 is 0.741 bits per heavy atom. The molecule has 0 aliphatic heterocycles. The van der Waals surface area contributed by atoms with Gasteiger partial charge in [0.05, 0.1) is 31.3 Å². The van der Waals surface area contributed by atoms with Crippen LogP contribution < -0.4 is 0 Å². The third-order valence-electron chi connectivity index (χ3n) is 3.65. The fraction of sp³-hybridized carbons (Fsp3) is 0. The van der Waals surface area contributed by atoms with E-state index in [1.54, 1.807) is 0 Å². The molecule has 27 heavy (non-hydrogen) atoms. The summed E-state index contributed by atoms with van der Waals surface area (Å²) in [6.45, 7) is 0. The van der Waals surface area contributed by atoms with Crippen molar-refractivity contribution in [1.29, 1.82) is 0 Å². The van der Waals surface area contributed by atoms with Crippen LogP contribution in [-0.2, 0) is 0 Å². The van der Waals surface area contributed by atoms with Gasteiger partial charge in [0.15, 0.2) is 0 Å². The zero-order chi connectivity index (χ0) is 19.9. The second-order valence-corrected chi connectivity index (χ2v) is 7.92. The van der Waals surface area contributed by atoms with E-state index < -0.39 is 5.97 Å². The highest BCUT2D eigenvalue weighted by atomic mass is 35.5. The van der Waals surface area contributed by atoms with Gasteiger partial charge in [-0.15, -0.1) is 0 Å². The smallest absolute Gasteiger partial charge is 0.337 e. The predicted molar refractivity (Wildman–Crippen MR) is 112 cm³/mol. The average molecular weight is 482 g/mol. The Morgan fingerprint density at radius 2 is 1.19 bits per heavy atom. The highest BCUT2D eigenvalue weighted by molar-refractivity contribution is 6.43. The van der Waals surface area contributed by atoms with Crippen LogP contribution >= 0.6 is 69.6 Å². The number of aromatic nitrogens is 1. The van der Waals surface area contributed by atoms with Crippen LogP contribution in [0.5, 0.6) is 0 Å². The van der Waals surface area contributed by atoms with Gasteiger partial charge < -0.3 is 5.11 Å². The predicted octanol–water partition coefficient (Wildman–Crippen LogP) is 8.03. The van der Waals surface area contributed by atoms with Gasteiger partial charge in [0.1, 0.15) is 0 Å². The van der Waals surface area contributed by atoms with Gasteiger partial charge in [0.25, 0.3) is 0 Å². The fourth-order valence-electron chi connectivity index (χ4n) is 2.54. The van der Waals surface area contributed by atoms with Gasteiger partial charge in [0, 0.05) is 32.9 Å². The summed E-state index contributed by atoms with van der Waals surface area (Å²) >= 11 is 37.3. The van der Waals surface area contributed by atoms with Crippen molar-refractivity contribution in [3.63, 3.8) is 0 Å². The number of aromatic carboxylic acids is 1. The molecule has 0 saturated heterocycles. The lowest BCUT2D eigenvalue weighted by atomic mass is 9.97. The van der Waals surface area contributed by atoms with E-state index in [0.29, 0.717) is 32.4 Å². The molecule has 3 aromatic rings. The lowest BCUT2D eigenvalue weighted by Crippen LogP contribution is -2.01. The molecule has 138 valence electrons. The Hall–Kier alpha value is -1.20. The first kappa shape index (κ1) is 20.5. The Bertz CT molecular complexity index is 1040. The number of pyridine rings is 1. The normalized spacial score (nSPS) is 10.9. The molecule has 0 amide bonds. The van der Waals surface area contributed by atoms with E-state index in [2.05, 4.69) is 4.98 Å². The van der Waals surface area contributed by atoms with E-state index in [9.17, 15) is 9.90 Å². The van der Waals surface area contributed by atoms with Crippen molar-refractivity contribution in [2.75, 3.05) is 0 Å². The number of benzene rings is 2. The number of hydrogen-bond acceptors (Lipinski definition) is 2. The maximum atomic E-state index is 11.4. The molecule has 3 nitrogen and oxygen atoms in total. The van der Waals surface area contributed by atoms with Gasteiger partial charge in [-0.2, -0.15) is 0 Å². The highest BCUT2D eigenvalue weighted by Gasteiger charge is 2.22. The van der Waals surface area contributed by atoms with E-state index in [1.165, 1.54) is 36.5 Å². The molecule has 0 unspecified atom stereocenters. The number of carboxylic acids is 1. The number of nitrogens with zero attached hydrogens (tertiary/aromatic N) is 1. The summed E-state index contributed by atoms with van der Waals surface area (Å²) in [5.74, 6) is -1.16. The Kier molecular flexibility index (Phi) is 6.11. The maximum Gasteiger partial charge on any atom is 0.337 e. The van der Waals surface area contributed by atoms with Crippen LogP contribution in [0.15, 0.2) is 36.5 Å². The van der Waals surface area contributed by atoms with Crippen molar-refractivity contribution in [1.82, 2.24) is 4.98 Å². The molecule has 0 bridgehead atoms. The van der Waals surface area contributed by atoms with Crippen molar-refractivity contribution in [2.24, 2.45) is 0 Å². The minimum Gasteiger partial charge on any atom is -0.478 e. The number of hydrogen-bond donors (Lipinski definition) is 1. The minimum absolute atomic E-state index is 0.0583. The summed E-state index contributed by atoms with van der Waals surface area (Å²) in [5.41, 5.74) is 1.31. The zero-order valence-electron chi connectivity index (χ0n) is 13.0. The first-order valence-corrected chi connectivity index (χ1v) is 9.49. The summed E-state index contributed by atoms with van der Waals surface area (Å²) in [6.07, 6.45) is 1.19. The highest BCUT2D eigenvalue weighted by Crippen LogP contribution is 2.45. The summed E-state index contributed by atoms with van der Waals surface area (Å²) < 4.78 is 0. The molecule has 1 aromatic heterocycles. The quantitative estimate of drug-likeness (QED) is 0.412. The third kappa shape index (κ3) is 4.14. The van der Waals surface area contributed by atoms with Crippen molar-refractivity contribution in [3.8, 4) is 22.4 Å². The van der Waals surface area contributed by atoms with Gasteiger partial charge >= 0.3 is 5.97 Å². The number of halogens is 6. The van der Waals surface area contributed by atoms with Crippen LogP contribution in [0.2, 0.25) is 30.1 Å². The fourth-order valence-corrected chi connectivity index (χ4v) is 4.56. The standard InChI is InChI=1S/C18H7Cl6NO2/c19-8-2-11(21)15(12(22)3-8)10-1-7(18(26)27)6-25-17(10)16-13(23)4-9(20)5-14(16)24/h1-6H,(H,26,27). The molecule has 0 radical (unpaired) electrons. The molecule has 0 atom stereocenters. The van der Waals surface area contributed by atoms with Crippen molar-refractivity contribution in [2.45, 2.75) is 0 Å². The van der Waals surface area contributed by atoms with Crippen LogP contribution in [0.25, 0.3) is 22.4 Å². The summed E-state index contributed by atoms with van der Waals surface area (Å²) in [5, 5.41) is 11.0. The second-order valence-electron chi connectivity index (χ2n) is 5.41. The molecular formula is C18H7Cl6NO2. The first-order chi connectivity index (χ1) is 12.7. The van der Waals surface area contributed by atoms with E-state index in [-0.39, 0.29) is 25.7 Å². The van der Waals surface area contributed by atoms with Gasteiger partial charge in [-0.05, 0) is 30.3 Å². The van der Waals surface area contributed by atoms with Crippen LogP contribution in [0.4, 0.5) is 0 Å². The summed E-state index contributed by atoms with van der Waals surface area (Å²) in [7, 11) is 0. The topological polar surface area (TPSA) is 50.2 Å². The molecule has 0 aliphatic rings. The summed E-state index contributed by atoms with van der Waals surface area (Å²) in [4.78, 5) is 15.7. The van der Waals surface area contributed by atoms with Crippen molar-refractivity contribution in [3.05, 3.63) is 72.2 Å². The van der Waals surface area contributed by atoms with E-state index in [0.717, 1.165) is 0 Å². The molecule has 3 rings (SSSR count). The maximum absolute atomic E-state index is 11.4. The lowest BCUT2D eigenvalue weighted by molar-refractivity contribution is 0.0696. The second kappa shape index (κ2) is 8.04. The monoisotopic (exact) mass is 479 g/mol. The van der Waals surface area contributed by atoms with E-state index in [1.807, 2.05) is 0 Å². The van der Waals surface area contributed by atoms with Crippen molar-refractivity contribution < 1.29 is 9.90 Å². The molecule has 0 saturated carbocycles. The van der Waals surface area contributed by atoms with Crippen LogP contribution in [0.3, 0.4) is 0 Å². The Morgan fingerprint density at radius 3 is 1.63 bits per heavy atom. The molecule has 0 spiro atoms. The van der Waals surface area contributed by atoms with Crippen LogP contribution in [0.1, 0.15) is 10.4 Å². The molecule has 9 heteroatoms. The van der Waals surface area contributed by atoms with Gasteiger partial charge in [-0.3, -0.25) is 4.98 Å². The zero-order valence-corrected chi connectivity index (χ0v) is 17.6. The third-order valence-corrected chi connectivity index (χ3v) is 5.28. The molecule has 0 fully saturated rings. The number of carbonyl (C=O) groups is 1. The Labute approximate surface area is 184 Å². The van der Waals surface area contributed by atoms with Crippen LogP contribution in [-0.4, -0.2) is 16.1 Å². The molecule has 1 N–H and O–H groups in total. The lowest BCUT2D eigenvalue weighted by Gasteiger charge is -2.15. The van der Waals surface area contributed by atoms with Gasteiger partial charge in [-0.1, -0.05) is 69.6 Å².